The first kappa shape index (κ1) is 15.3. The Labute approximate surface area is 122 Å². The number of rotatable bonds is 6. The number of pyridine rings is 1. The van der Waals surface area contributed by atoms with Gasteiger partial charge in [-0.1, -0.05) is 6.92 Å². The van der Waals surface area contributed by atoms with Crippen molar-refractivity contribution < 1.29 is 0 Å². The minimum absolute atomic E-state index is 0.174. The number of hydrogen-bond acceptors (Lipinski definition) is 4. The van der Waals surface area contributed by atoms with E-state index in [4.69, 9.17) is 5.73 Å². The molecule has 4 nitrogen and oxygen atoms in total. The smallest absolute Gasteiger partial charge is 0.0378 e. The lowest BCUT2D eigenvalue weighted by atomic mass is 9.83. The van der Waals surface area contributed by atoms with Crippen molar-refractivity contribution in [3.05, 3.63) is 24.0 Å². The Balaban J connectivity index is 2.19. The highest BCUT2D eigenvalue weighted by Crippen LogP contribution is 2.30. The summed E-state index contributed by atoms with van der Waals surface area (Å²) in [6.45, 7) is 7.09. The molecule has 0 aromatic carbocycles. The normalized spacial score (nSPS) is 20.8. The summed E-state index contributed by atoms with van der Waals surface area (Å²) in [6, 6.07) is 2.28. The first-order valence-electron chi connectivity index (χ1n) is 7.72. The van der Waals surface area contributed by atoms with Crippen LogP contribution in [0, 0.1) is 0 Å². The van der Waals surface area contributed by atoms with E-state index in [1.165, 1.54) is 25.9 Å². The van der Waals surface area contributed by atoms with Gasteiger partial charge in [-0.25, -0.2) is 0 Å². The van der Waals surface area contributed by atoms with Crippen molar-refractivity contribution in [2.24, 2.45) is 0 Å². The number of likely N-dealkylation sites (N-methyl/N-ethyl adjacent to an activating group) is 1. The van der Waals surface area contributed by atoms with E-state index in [1.54, 1.807) is 6.20 Å². The summed E-state index contributed by atoms with van der Waals surface area (Å²) >= 11 is 0. The zero-order valence-electron chi connectivity index (χ0n) is 13.0. The number of nitrogen functional groups attached to an aromatic ring is 1. The molecule has 0 saturated carbocycles. The first-order valence-corrected chi connectivity index (χ1v) is 7.72. The second kappa shape index (κ2) is 6.55. The monoisotopic (exact) mass is 276 g/mol. The second-order valence-electron chi connectivity index (χ2n) is 6.02. The lowest BCUT2D eigenvalue weighted by molar-refractivity contribution is 0.0873. The van der Waals surface area contributed by atoms with Gasteiger partial charge in [-0.15, -0.1) is 0 Å². The highest BCUT2D eigenvalue weighted by Gasteiger charge is 2.38. The molecule has 2 unspecified atom stereocenters. The summed E-state index contributed by atoms with van der Waals surface area (Å²) in [7, 11) is 2.06. The summed E-state index contributed by atoms with van der Waals surface area (Å²) in [6.07, 6.45) is 8.37. The van der Waals surface area contributed by atoms with Gasteiger partial charge in [-0.2, -0.15) is 0 Å². The molecule has 3 N–H and O–H groups in total. The molecule has 0 spiro atoms. The molecule has 1 aromatic rings. The number of anilines is 1. The van der Waals surface area contributed by atoms with Gasteiger partial charge in [0.2, 0.25) is 0 Å². The predicted octanol–water partition coefficient (Wildman–Crippen LogP) is 2.06. The van der Waals surface area contributed by atoms with Gasteiger partial charge in [-0.05, 0) is 64.4 Å². The fraction of sp³-hybridized carbons (Fsp3) is 0.688. The maximum absolute atomic E-state index is 6.08. The molecule has 112 valence electrons. The fourth-order valence-corrected chi connectivity index (χ4v) is 3.38. The summed E-state index contributed by atoms with van der Waals surface area (Å²) in [5.74, 6) is 0. The van der Waals surface area contributed by atoms with Crippen LogP contribution in [-0.2, 0) is 6.42 Å². The van der Waals surface area contributed by atoms with Gasteiger partial charge in [0.25, 0.3) is 0 Å². The molecule has 0 bridgehead atoms. The largest absolute Gasteiger partial charge is 0.398 e. The SMILES string of the molecule is CCC(C)(C(Cc1cnccc1N)NC)N1CCCC1. The van der Waals surface area contributed by atoms with Crippen LogP contribution in [0.5, 0.6) is 0 Å². The molecule has 0 radical (unpaired) electrons. The molecule has 20 heavy (non-hydrogen) atoms. The van der Waals surface area contributed by atoms with Crippen LogP contribution < -0.4 is 11.1 Å². The second-order valence-corrected chi connectivity index (χ2v) is 6.02. The Bertz CT molecular complexity index is 428. The lowest BCUT2D eigenvalue weighted by Crippen LogP contribution is -2.58. The molecular weight excluding hydrogens is 248 g/mol. The summed E-state index contributed by atoms with van der Waals surface area (Å²) in [4.78, 5) is 6.86. The minimum Gasteiger partial charge on any atom is -0.398 e. The van der Waals surface area contributed by atoms with Crippen molar-refractivity contribution in [1.29, 1.82) is 0 Å². The third kappa shape index (κ3) is 2.96. The van der Waals surface area contributed by atoms with Crippen LogP contribution in [0.2, 0.25) is 0 Å². The van der Waals surface area contributed by atoms with Gasteiger partial charge < -0.3 is 11.1 Å². The zero-order valence-corrected chi connectivity index (χ0v) is 13.0. The fourth-order valence-electron chi connectivity index (χ4n) is 3.38. The van der Waals surface area contributed by atoms with Crippen LogP contribution in [-0.4, -0.2) is 41.6 Å². The van der Waals surface area contributed by atoms with Gasteiger partial charge in [0.05, 0.1) is 0 Å². The van der Waals surface area contributed by atoms with E-state index < -0.39 is 0 Å². The Hall–Kier alpha value is -1.13. The number of nitrogens with two attached hydrogens (primary N) is 1. The average molecular weight is 276 g/mol. The molecule has 1 aliphatic rings. The third-order valence-corrected chi connectivity index (χ3v) is 5.01. The maximum atomic E-state index is 6.08. The van der Waals surface area contributed by atoms with Crippen LogP contribution in [0.1, 0.15) is 38.7 Å². The van der Waals surface area contributed by atoms with E-state index in [0.717, 1.165) is 24.1 Å². The quantitative estimate of drug-likeness (QED) is 0.835. The molecule has 1 fully saturated rings. The average Bonchev–Trinajstić information content (AvgIpc) is 3.00. The van der Waals surface area contributed by atoms with Gasteiger partial charge in [0.15, 0.2) is 0 Å². The van der Waals surface area contributed by atoms with E-state index in [9.17, 15) is 0 Å². The van der Waals surface area contributed by atoms with Gasteiger partial charge in [-0.3, -0.25) is 9.88 Å². The first-order chi connectivity index (χ1) is 9.61. The van der Waals surface area contributed by atoms with E-state index in [0.29, 0.717) is 6.04 Å². The lowest BCUT2D eigenvalue weighted by Gasteiger charge is -2.44. The highest BCUT2D eigenvalue weighted by molar-refractivity contribution is 5.44. The van der Waals surface area contributed by atoms with Crippen LogP contribution in [0.4, 0.5) is 5.69 Å². The summed E-state index contributed by atoms with van der Waals surface area (Å²) in [5, 5.41) is 3.52. The van der Waals surface area contributed by atoms with Crippen molar-refractivity contribution in [1.82, 2.24) is 15.2 Å². The van der Waals surface area contributed by atoms with Crippen LogP contribution in [0.25, 0.3) is 0 Å². The standard InChI is InChI=1S/C16H28N4/c1-4-16(2,20-9-5-6-10-20)15(18-3)11-13-12-19-8-7-14(13)17/h7-8,12,15,18H,4-6,9-11H2,1-3H3,(H2,17,19). The molecule has 1 aliphatic heterocycles. The van der Waals surface area contributed by atoms with Crippen molar-refractivity contribution in [2.75, 3.05) is 25.9 Å². The summed E-state index contributed by atoms with van der Waals surface area (Å²) < 4.78 is 0. The van der Waals surface area contributed by atoms with Crippen molar-refractivity contribution in [3.8, 4) is 0 Å². The molecule has 2 rings (SSSR count). The molecule has 1 aromatic heterocycles. The van der Waals surface area contributed by atoms with Crippen LogP contribution in [0.15, 0.2) is 18.5 Å². The van der Waals surface area contributed by atoms with Crippen molar-refractivity contribution in [3.63, 3.8) is 0 Å². The molecular formula is C16H28N4. The molecule has 2 heterocycles. The van der Waals surface area contributed by atoms with Gasteiger partial charge in [0.1, 0.15) is 0 Å². The van der Waals surface area contributed by atoms with Gasteiger partial charge >= 0.3 is 0 Å². The number of nitrogens with one attached hydrogen (secondary N) is 1. The topological polar surface area (TPSA) is 54.2 Å². The minimum atomic E-state index is 0.174. The summed E-state index contributed by atoms with van der Waals surface area (Å²) in [5.41, 5.74) is 8.25. The number of nitrogens with zero attached hydrogens (tertiary/aromatic N) is 2. The molecule has 0 amide bonds. The third-order valence-electron chi connectivity index (χ3n) is 5.01. The zero-order chi connectivity index (χ0) is 14.6. The number of aromatic nitrogens is 1. The van der Waals surface area contributed by atoms with Crippen molar-refractivity contribution >= 4 is 5.69 Å². The predicted molar refractivity (Wildman–Crippen MR) is 84.7 cm³/mol. The molecule has 4 heteroatoms. The van der Waals surface area contributed by atoms with E-state index in [-0.39, 0.29) is 5.54 Å². The number of hydrogen-bond donors (Lipinski definition) is 2. The Morgan fingerprint density at radius 1 is 1.45 bits per heavy atom. The number of likely N-dealkylation sites (tertiary alicyclic amines) is 1. The Morgan fingerprint density at radius 3 is 2.70 bits per heavy atom. The van der Waals surface area contributed by atoms with E-state index in [2.05, 4.69) is 36.1 Å². The van der Waals surface area contributed by atoms with Crippen LogP contribution in [0.3, 0.4) is 0 Å². The molecule has 1 saturated heterocycles. The Kier molecular flexibility index (Phi) is 5.00. The van der Waals surface area contributed by atoms with Crippen LogP contribution >= 0.6 is 0 Å². The highest BCUT2D eigenvalue weighted by atomic mass is 15.2. The molecule has 2 atom stereocenters. The van der Waals surface area contributed by atoms with E-state index >= 15 is 0 Å². The van der Waals surface area contributed by atoms with Gasteiger partial charge in [0, 0.05) is 29.7 Å². The Morgan fingerprint density at radius 2 is 2.15 bits per heavy atom. The van der Waals surface area contributed by atoms with E-state index in [1.807, 2.05) is 12.3 Å². The van der Waals surface area contributed by atoms with Crippen molar-refractivity contribution in [2.45, 2.75) is 51.1 Å². The maximum Gasteiger partial charge on any atom is 0.0378 e. The molecule has 0 aliphatic carbocycles.